The highest BCUT2D eigenvalue weighted by Crippen LogP contribution is 2.13. The Bertz CT molecular complexity index is 665. The Balaban J connectivity index is 2.10. The number of benzene rings is 2. The van der Waals surface area contributed by atoms with Gasteiger partial charge in [0, 0.05) is 5.69 Å². The first kappa shape index (κ1) is 14.8. The van der Waals surface area contributed by atoms with Gasteiger partial charge in [-0.1, -0.05) is 37.3 Å². The molecule has 4 heteroatoms. The molecule has 2 N–H and O–H groups in total. The molecule has 0 aliphatic carbocycles. The van der Waals surface area contributed by atoms with Crippen LogP contribution in [0, 0.1) is 0 Å². The van der Waals surface area contributed by atoms with Gasteiger partial charge in [0.2, 0.25) is 5.91 Å². The zero-order valence-electron chi connectivity index (χ0n) is 11.8. The number of anilines is 1. The number of carbonyl (C=O) groups is 2. The maximum Gasteiger partial charge on any atom is 0.335 e. The van der Waals surface area contributed by atoms with Crippen LogP contribution in [0.15, 0.2) is 48.5 Å². The second kappa shape index (κ2) is 6.70. The summed E-state index contributed by atoms with van der Waals surface area (Å²) in [4.78, 5) is 23.2. The second-order valence-electron chi connectivity index (χ2n) is 4.74. The first-order chi connectivity index (χ1) is 10.1. The van der Waals surface area contributed by atoms with Crippen LogP contribution in [0.4, 0.5) is 5.69 Å². The van der Waals surface area contributed by atoms with E-state index in [4.69, 9.17) is 5.11 Å². The Kier molecular flexibility index (Phi) is 4.72. The maximum absolute atomic E-state index is 12.1. The van der Waals surface area contributed by atoms with Gasteiger partial charge in [0.1, 0.15) is 0 Å². The van der Waals surface area contributed by atoms with Crippen molar-refractivity contribution < 1.29 is 14.7 Å². The van der Waals surface area contributed by atoms with Crippen LogP contribution in [-0.2, 0) is 17.6 Å². The number of rotatable bonds is 5. The summed E-state index contributed by atoms with van der Waals surface area (Å²) in [6.45, 7) is 2.05. The number of nitrogens with one attached hydrogen (secondary N) is 1. The summed E-state index contributed by atoms with van der Waals surface area (Å²) >= 11 is 0. The zero-order chi connectivity index (χ0) is 15.2. The average Bonchev–Trinajstić information content (AvgIpc) is 2.47. The van der Waals surface area contributed by atoms with E-state index in [1.54, 1.807) is 18.2 Å². The van der Waals surface area contributed by atoms with Gasteiger partial charge >= 0.3 is 5.97 Å². The Hall–Kier alpha value is -2.62. The standard InChI is InChI=1S/C17H17NO3/c1-2-12-6-5-8-14(10-12)18-16(19)11-13-7-3-4-9-15(13)17(20)21/h3-10H,2,11H2,1H3,(H,18,19)(H,20,21). The van der Waals surface area contributed by atoms with E-state index in [1.165, 1.54) is 6.07 Å². The average molecular weight is 283 g/mol. The molecule has 2 aromatic rings. The van der Waals surface area contributed by atoms with Gasteiger partial charge in [-0.25, -0.2) is 4.79 Å². The lowest BCUT2D eigenvalue weighted by molar-refractivity contribution is -0.115. The third-order valence-corrected chi connectivity index (χ3v) is 3.22. The topological polar surface area (TPSA) is 66.4 Å². The number of hydrogen-bond donors (Lipinski definition) is 2. The molecule has 0 saturated carbocycles. The van der Waals surface area contributed by atoms with E-state index in [0.717, 1.165) is 17.7 Å². The zero-order valence-corrected chi connectivity index (χ0v) is 11.8. The summed E-state index contributed by atoms with van der Waals surface area (Å²) in [5.41, 5.74) is 2.54. The van der Waals surface area contributed by atoms with Gasteiger partial charge in [-0.05, 0) is 35.7 Å². The fourth-order valence-electron chi connectivity index (χ4n) is 2.13. The summed E-state index contributed by atoms with van der Waals surface area (Å²) < 4.78 is 0. The summed E-state index contributed by atoms with van der Waals surface area (Å²) in [5, 5.41) is 11.9. The highest BCUT2D eigenvalue weighted by atomic mass is 16.4. The quantitative estimate of drug-likeness (QED) is 0.886. The van der Waals surface area contributed by atoms with E-state index in [9.17, 15) is 9.59 Å². The lowest BCUT2D eigenvalue weighted by atomic mass is 10.0. The predicted molar refractivity (Wildman–Crippen MR) is 81.6 cm³/mol. The fourth-order valence-corrected chi connectivity index (χ4v) is 2.13. The monoisotopic (exact) mass is 283 g/mol. The molecule has 108 valence electrons. The third kappa shape index (κ3) is 3.92. The molecule has 0 spiro atoms. The highest BCUT2D eigenvalue weighted by Gasteiger charge is 2.12. The number of hydrogen-bond acceptors (Lipinski definition) is 2. The molecule has 4 nitrogen and oxygen atoms in total. The molecule has 2 aromatic carbocycles. The van der Waals surface area contributed by atoms with Crippen LogP contribution in [0.2, 0.25) is 0 Å². The molecular formula is C17H17NO3. The molecule has 0 aliphatic heterocycles. The minimum Gasteiger partial charge on any atom is -0.478 e. The Morgan fingerprint density at radius 2 is 1.86 bits per heavy atom. The van der Waals surface area contributed by atoms with Crippen LogP contribution >= 0.6 is 0 Å². The van der Waals surface area contributed by atoms with Crippen molar-refractivity contribution in [3.8, 4) is 0 Å². The summed E-state index contributed by atoms with van der Waals surface area (Å²) in [5.74, 6) is -1.25. The largest absolute Gasteiger partial charge is 0.478 e. The van der Waals surface area contributed by atoms with Crippen molar-refractivity contribution in [1.29, 1.82) is 0 Å². The van der Waals surface area contributed by atoms with Crippen molar-refractivity contribution in [2.24, 2.45) is 0 Å². The van der Waals surface area contributed by atoms with E-state index in [2.05, 4.69) is 5.32 Å². The molecular weight excluding hydrogens is 266 g/mol. The van der Waals surface area contributed by atoms with Crippen LogP contribution in [0.3, 0.4) is 0 Å². The van der Waals surface area contributed by atoms with Gasteiger partial charge in [0.15, 0.2) is 0 Å². The number of carbonyl (C=O) groups excluding carboxylic acids is 1. The van der Waals surface area contributed by atoms with Crippen molar-refractivity contribution in [2.45, 2.75) is 19.8 Å². The first-order valence-electron chi connectivity index (χ1n) is 6.80. The highest BCUT2D eigenvalue weighted by molar-refractivity contribution is 5.96. The molecule has 0 saturated heterocycles. The molecule has 0 bridgehead atoms. The molecule has 0 unspecified atom stereocenters. The van der Waals surface area contributed by atoms with E-state index in [1.807, 2.05) is 31.2 Å². The van der Waals surface area contributed by atoms with Gasteiger partial charge in [-0.15, -0.1) is 0 Å². The van der Waals surface area contributed by atoms with E-state index < -0.39 is 5.97 Å². The summed E-state index contributed by atoms with van der Waals surface area (Å²) in [6.07, 6.45) is 0.935. The molecule has 0 aliphatic rings. The number of carboxylic acid groups (broad SMARTS) is 1. The summed E-state index contributed by atoms with van der Waals surface area (Å²) in [6, 6.07) is 14.2. The van der Waals surface area contributed by atoms with Gasteiger partial charge in [0.05, 0.1) is 12.0 Å². The normalized spacial score (nSPS) is 10.1. The van der Waals surface area contributed by atoms with Gasteiger partial charge in [0.25, 0.3) is 0 Å². The Morgan fingerprint density at radius 3 is 2.57 bits per heavy atom. The fraction of sp³-hybridized carbons (Fsp3) is 0.176. The minimum atomic E-state index is -1.02. The van der Waals surface area contributed by atoms with Gasteiger partial charge in [-0.2, -0.15) is 0 Å². The Morgan fingerprint density at radius 1 is 1.10 bits per heavy atom. The predicted octanol–water partition coefficient (Wildman–Crippen LogP) is 3.13. The van der Waals surface area contributed by atoms with Crippen molar-refractivity contribution in [2.75, 3.05) is 5.32 Å². The van der Waals surface area contributed by atoms with Crippen molar-refractivity contribution >= 4 is 17.6 Å². The van der Waals surface area contributed by atoms with Crippen LogP contribution in [0.5, 0.6) is 0 Å². The van der Waals surface area contributed by atoms with Crippen LogP contribution in [-0.4, -0.2) is 17.0 Å². The first-order valence-corrected chi connectivity index (χ1v) is 6.80. The number of aromatic carboxylic acids is 1. The van der Waals surface area contributed by atoms with Crippen LogP contribution in [0.25, 0.3) is 0 Å². The lowest BCUT2D eigenvalue weighted by Crippen LogP contribution is -2.16. The van der Waals surface area contributed by atoms with Crippen LogP contribution in [0.1, 0.15) is 28.4 Å². The smallest absolute Gasteiger partial charge is 0.335 e. The molecule has 2 rings (SSSR count). The van der Waals surface area contributed by atoms with Crippen molar-refractivity contribution in [3.05, 3.63) is 65.2 Å². The number of aryl methyl sites for hydroxylation is 1. The van der Waals surface area contributed by atoms with Crippen molar-refractivity contribution in [1.82, 2.24) is 0 Å². The minimum absolute atomic E-state index is 0.0405. The molecule has 0 fully saturated rings. The molecule has 0 atom stereocenters. The maximum atomic E-state index is 12.1. The van der Waals surface area contributed by atoms with E-state index in [0.29, 0.717) is 5.56 Å². The molecule has 0 heterocycles. The molecule has 0 aromatic heterocycles. The summed E-state index contributed by atoms with van der Waals surface area (Å²) in [7, 11) is 0. The van der Waals surface area contributed by atoms with Crippen molar-refractivity contribution in [3.63, 3.8) is 0 Å². The molecule has 0 radical (unpaired) electrons. The third-order valence-electron chi connectivity index (χ3n) is 3.22. The van der Waals surface area contributed by atoms with E-state index >= 15 is 0 Å². The van der Waals surface area contributed by atoms with E-state index in [-0.39, 0.29) is 17.9 Å². The lowest BCUT2D eigenvalue weighted by Gasteiger charge is -2.08. The second-order valence-corrected chi connectivity index (χ2v) is 4.74. The number of amides is 1. The van der Waals surface area contributed by atoms with Gasteiger partial charge < -0.3 is 10.4 Å². The SMILES string of the molecule is CCc1cccc(NC(=O)Cc2ccccc2C(=O)O)c1. The van der Waals surface area contributed by atoms with Crippen LogP contribution < -0.4 is 5.32 Å². The number of carboxylic acids is 1. The van der Waals surface area contributed by atoms with Gasteiger partial charge in [-0.3, -0.25) is 4.79 Å². The Labute approximate surface area is 123 Å². The molecule has 1 amide bonds. The molecule has 21 heavy (non-hydrogen) atoms.